The van der Waals surface area contributed by atoms with Gasteiger partial charge < -0.3 is 24.6 Å². The van der Waals surface area contributed by atoms with Gasteiger partial charge in [-0.2, -0.15) is 0 Å². The average Bonchev–Trinajstić information content (AvgIpc) is 2.48. The molecule has 0 aliphatic rings. The molecule has 2 N–H and O–H groups in total. The van der Waals surface area contributed by atoms with Gasteiger partial charge in [-0.25, -0.2) is 14.0 Å². The van der Waals surface area contributed by atoms with Crippen LogP contribution in [0.2, 0.25) is 0 Å². The molecule has 0 aromatic heterocycles. The number of phenolic OH excluding ortho intramolecular Hbond substituents is 1. The van der Waals surface area contributed by atoms with Crippen molar-refractivity contribution in [1.29, 1.82) is 0 Å². The zero-order valence-electron chi connectivity index (χ0n) is 11.6. The van der Waals surface area contributed by atoms with Gasteiger partial charge in [-0.1, -0.05) is 0 Å². The Morgan fingerprint density at radius 2 is 1.90 bits per heavy atom. The molecule has 0 amide bonds. The molecular weight excluding hydrogens is 285 g/mol. The lowest BCUT2D eigenvalue weighted by atomic mass is 10.2. The molecule has 8 heteroatoms. The van der Waals surface area contributed by atoms with Crippen molar-refractivity contribution in [2.75, 3.05) is 26.6 Å². The molecule has 114 valence electrons. The second-order valence-corrected chi connectivity index (χ2v) is 3.70. The molecule has 0 heterocycles. The SMILES string of the molecule is COC(=O)/C=C(/Nc1cc(O)c(F)cc1OC)C(=O)OC. The Balaban J connectivity index is 3.20. The summed E-state index contributed by atoms with van der Waals surface area (Å²) in [6, 6.07) is 1.92. The van der Waals surface area contributed by atoms with Gasteiger partial charge in [0.05, 0.1) is 33.1 Å². The number of esters is 2. The van der Waals surface area contributed by atoms with Crippen molar-refractivity contribution in [1.82, 2.24) is 0 Å². The maximum Gasteiger partial charge on any atom is 0.354 e. The largest absolute Gasteiger partial charge is 0.505 e. The molecule has 1 rings (SSSR count). The summed E-state index contributed by atoms with van der Waals surface area (Å²) in [4.78, 5) is 22.8. The van der Waals surface area contributed by atoms with Crippen LogP contribution in [-0.2, 0) is 19.1 Å². The molecule has 0 radical (unpaired) electrons. The van der Waals surface area contributed by atoms with Crippen molar-refractivity contribution in [3.63, 3.8) is 0 Å². The van der Waals surface area contributed by atoms with Gasteiger partial charge in [0, 0.05) is 12.1 Å². The van der Waals surface area contributed by atoms with Crippen molar-refractivity contribution in [2.45, 2.75) is 0 Å². The van der Waals surface area contributed by atoms with Gasteiger partial charge in [-0.05, 0) is 0 Å². The highest BCUT2D eigenvalue weighted by atomic mass is 19.1. The number of hydrogen-bond acceptors (Lipinski definition) is 7. The van der Waals surface area contributed by atoms with Crippen LogP contribution in [0.4, 0.5) is 10.1 Å². The lowest BCUT2D eigenvalue weighted by Gasteiger charge is -2.13. The van der Waals surface area contributed by atoms with Crippen molar-refractivity contribution < 1.29 is 33.3 Å². The number of benzene rings is 1. The third-order valence-corrected chi connectivity index (χ3v) is 2.41. The van der Waals surface area contributed by atoms with Gasteiger partial charge in [-0.15, -0.1) is 0 Å². The monoisotopic (exact) mass is 299 g/mol. The molecule has 0 spiro atoms. The fraction of sp³-hybridized carbons (Fsp3) is 0.231. The minimum atomic E-state index is -0.894. The number of hydrogen-bond donors (Lipinski definition) is 2. The van der Waals surface area contributed by atoms with Crippen LogP contribution in [0.3, 0.4) is 0 Å². The van der Waals surface area contributed by atoms with E-state index in [1.54, 1.807) is 0 Å². The molecule has 1 aromatic rings. The molecule has 0 atom stereocenters. The number of phenols is 1. The van der Waals surface area contributed by atoms with E-state index in [-0.39, 0.29) is 17.1 Å². The van der Waals surface area contributed by atoms with Crippen LogP contribution in [0, 0.1) is 5.82 Å². The summed E-state index contributed by atoms with van der Waals surface area (Å²) in [5, 5.41) is 11.9. The topological polar surface area (TPSA) is 94.1 Å². The fourth-order valence-corrected chi connectivity index (χ4v) is 1.39. The number of anilines is 1. The Kier molecular flexibility index (Phi) is 5.53. The fourth-order valence-electron chi connectivity index (χ4n) is 1.39. The van der Waals surface area contributed by atoms with E-state index in [0.717, 1.165) is 32.4 Å². The number of rotatable bonds is 5. The summed E-state index contributed by atoms with van der Waals surface area (Å²) < 4.78 is 27.1. The first-order valence-electron chi connectivity index (χ1n) is 5.64. The van der Waals surface area contributed by atoms with Crippen LogP contribution < -0.4 is 10.1 Å². The van der Waals surface area contributed by atoms with E-state index < -0.39 is 23.5 Å². The highest BCUT2D eigenvalue weighted by Gasteiger charge is 2.17. The van der Waals surface area contributed by atoms with Crippen molar-refractivity contribution in [2.24, 2.45) is 0 Å². The molecule has 1 aromatic carbocycles. The molecule has 0 unspecified atom stereocenters. The molecule has 0 saturated heterocycles. The summed E-state index contributed by atoms with van der Waals surface area (Å²) in [7, 11) is 3.53. The van der Waals surface area contributed by atoms with E-state index in [1.807, 2.05) is 0 Å². The zero-order valence-corrected chi connectivity index (χ0v) is 11.6. The molecule has 0 aliphatic carbocycles. The summed E-state index contributed by atoms with van der Waals surface area (Å²) >= 11 is 0. The van der Waals surface area contributed by atoms with Gasteiger partial charge >= 0.3 is 11.9 Å². The molecular formula is C13H14FNO6. The van der Waals surface area contributed by atoms with E-state index >= 15 is 0 Å². The van der Waals surface area contributed by atoms with Gasteiger partial charge in [0.1, 0.15) is 11.4 Å². The highest BCUT2D eigenvalue weighted by molar-refractivity contribution is 5.99. The van der Waals surface area contributed by atoms with E-state index in [2.05, 4.69) is 14.8 Å². The van der Waals surface area contributed by atoms with E-state index in [9.17, 15) is 19.1 Å². The second-order valence-electron chi connectivity index (χ2n) is 3.70. The zero-order chi connectivity index (χ0) is 16.0. The Hall–Kier alpha value is -2.77. The van der Waals surface area contributed by atoms with Gasteiger partial charge in [0.25, 0.3) is 0 Å². The summed E-state index contributed by atoms with van der Waals surface area (Å²) in [5.41, 5.74) is -0.203. The lowest BCUT2D eigenvalue weighted by molar-refractivity contribution is -0.138. The number of aromatic hydroxyl groups is 1. The Labute approximate surface area is 119 Å². The number of nitrogens with one attached hydrogen (secondary N) is 1. The van der Waals surface area contributed by atoms with Crippen molar-refractivity contribution in [3.05, 3.63) is 29.7 Å². The van der Waals surface area contributed by atoms with E-state index in [1.165, 1.54) is 7.11 Å². The highest BCUT2D eigenvalue weighted by Crippen LogP contribution is 2.32. The predicted molar refractivity (Wildman–Crippen MR) is 70.4 cm³/mol. The molecule has 0 aliphatic heterocycles. The molecule has 0 bridgehead atoms. The number of ether oxygens (including phenoxy) is 3. The third kappa shape index (κ3) is 4.10. The Bertz CT molecular complexity index is 584. The van der Waals surface area contributed by atoms with Crippen LogP contribution in [0.1, 0.15) is 0 Å². The van der Waals surface area contributed by atoms with Crippen molar-refractivity contribution >= 4 is 17.6 Å². The van der Waals surface area contributed by atoms with Crippen LogP contribution in [-0.4, -0.2) is 38.4 Å². The molecule has 0 saturated carbocycles. The van der Waals surface area contributed by atoms with E-state index in [0.29, 0.717) is 0 Å². The van der Waals surface area contributed by atoms with Gasteiger partial charge in [0.2, 0.25) is 0 Å². The van der Waals surface area contributed by atoms with Gasteiger partial charge in [0.15, 0.2) is 11.6 Å². The minimum absolute atomic E-state index is 0.0185. The smallest absolute Gasteiger partial charge is 0.354 e. The third-order valence-electron chi connectivity index (χ3n) is 2.41. The summed E-state index contributed by atoms with van der Waals surface area (Å²) in [6.45, 7) is 0. The predicted octanol–water partition coefficient (Wildman–Crippen LogP) is 1.18. The maximum atomic E-state index is 13.2. The molecule has 21 heavy (non-hydrogen) atoms. The van der Waals surface area contributed by atoms with Gasteiger partial charge in [-0.3, -0.25) is 0 Å². The number of carbonyl (C=O) groups is 2. The maximum absolute atomic E-state index is 13.2. The Morgan fingerprint density at radius 1 is 1.24 bits per heavy atom. The first-order chi connectivity index (χ1) is 9.92. The minimum Gasteiger partial charge on any atom is -0.505 e. The van der Waals surface area contributed by atoms with Crippen LogP contribution >= 0.6 is 0 Å². The lowest BCUT2D eigenvalue weighted by Crippen LogP contribution is -2.16. The van der Waals surface area contributed by atoms with Crippen molar-refractivity contribution in [3.8, 4) is 11.5 Å². The Morgan fingerprint density at radius 3 is 2.43 bits per heavy atom. The standard InChI is InChI=1S/C13H14FNO6/c1-19-11-4-7(14)10(16)5-8(11)15-9(13(18)21-3)6-12(17)20-2/h4-6,15-16H,1-3H3/b9-6+. The quantitative estimate of drug-likeness (QED) is 0.622. The molecule has 7 nitrogen and oxygen atoms in total. The average molecular weight is 299 g/mol. The van der Waals surface area contributed by atoms with Crippen LogP contribution in [0.15, 0.2) is 23.9 Å². The summed E-state index contributed by atoms with van der Waals surface area (Å²) in [5.74, 6) is -3.18. The van der Waals surface area contributed by atoms with Crippen LogP contribution in [0.25, 0.3) is 0 Å². The van der Waals surface area contributed by atoms with E-state index in [4.69, 9.17) is 4.74 Å². The van der Waals surface area contributed by atoms with Crippen LogP contribution in [0.5, 0.6) is 11.5 Å². The number of halogens is 1. The first kappa shape index (κ1) is 16.3. The number of methoxy groups -OCH3 is 3. The molecule has 0 fully saturated rings. The second kappa shape index (κ2) is 7.13. The normalized spacial score (nSPS) is 10.8. The number of carbonyl (C=O) groups excluding carboxylic acids is 2. The first-order valence-corrected chi connectivity index (χ1v) is 5.64. The summed E-state index contributed by atoms with van der Waals surface area (Å²) in [6.07, 6.45) is 0.853.